The highest BCUT2D eigenvalue weighted by Gasteiger charge is 2.08. The Morgan fingerprint density at radius 1 is 1.30 bits per heavy atom. The van der Waals surface area contributed by atoms with Crippen LogP contribution in [0.1, 0.15) is 31.5 Å². The van der Waals surface area contributed by atoms with E-state index in [0.29, 0.717) is 18.7 Å². The minimum atomic E-state index is -1.17. The van der Waals surface area contributed by atoms with E-state index in [1.807, 2.05) is 25.1 Å². The van der Waals surface area contributed by atoms with Crippen LogP contribution in [0.15, 0.2) is 18.2 Å². The van der Waals surface area contributed by atoms with Gasteiger partial charge in [0.05, 0.1) is 28.2 Å². The summed E-state index contributed by atoms with van der Waals surface area (Å²) < 4.78 is 5.66. The first-order valence-electron chi connectivity index (χ1n) is 6.35. The smallest absolute Gasteiger partial charge is 0.119 e. The van der Waals surface area contributed by atoms with E-state index < -0.39 is 5.97 Å². The number of carboxylic acid groups (broad SMARTS) is 1. The van der Waals surface area contributed by atoms with E-state index in [1.54, 1.807) is 6.92 Å². The van der Waals surface area contributed by atoms with Crippen molar-refractivity contribution >= 4 is 17.3 Å². The van der Waals surface area contributed by atoms with Crippen molar-refractivity contribution in [1.82, 2.24) is 4.98 Å². The molecule has 0 aliphatic rings. The van der Waals surface area contributed by atoms with Crippen molar-refractivity contribution < 1.29 is 14.6 Å². The molecular formula is C15H16NO3S-. The van der Waals surface area contributed by atoms with E-state index in [0.717, 1.165) is 22.1 Å². The fourth-order valence-electron chi connectivity index (χ4n) is 1.81. The van der Waals surface area contributed by atoms with Gasteiger partial charge in [0, 0.05) is 6.42 Å². The van der Waals surface area contributed by atoms with Crippen LogP contribution in [0.2, 0.25) is 0 Å². The number of aryl methyl sites for hydroxylation is 3. The number of carbonyl (C=O) groups excluding carboxylic acids is 1. The van der Waals surface area contributed by atoms with Gasteiger partial charge in [0.15, 0.2) is 0 Å². The molecular weight excluding hydrogens is 274 g/mol. The third-order valence-corrected chi connectivity index (χ3v) is 4.29. The molecule has 4 nitrogen and oxygen atoms in total. The molecule has 2 rings (SSSR count). The van der Waals surface area contributed by atoms with Gasteiger partial charge in [0.1, 0.15) is 5.75 Å². The predicted molar refractivity (Wildman–Crippen MR) is 76.3 cm³/mol. The van der Waals surface area contributed by atoms with Gasteiger partial charge < -0.3 is 14.6 Å². The molecule has 5 heteroatoms. The average molecular weight is 290 g/mol. The predicted octanol–water partition coefficient (Wildman–Crippen LogP) is 2.05. The second-order valence-electron chi connectivity index (χ2n) is 4.65. The lowest BCUT2D eigenvalue weighted by Crippen LogP contribution is -2.21. The SMILES string of the molecule is Cc1ccc(OCCc2nc(C)c(C(=O)[O-])s2)cc1C. The maximum absolute atomic E-state index is 10.8. The molecule has 0 aliphatic heterocycles. The van der Waals surface area contributed by atoms with Crippen LogP contribution in [0.5, 0.6) is 5.75 Å². The standard InChI is InChI=1S/C15H17NO3S/c1-9-4-5-12(8-10(9)2)19-7-6-13-16-11(3)14(20-13)15(17)18/h4-5,8H,6-7H2,1-3H3,(H,17,18)/p-1. The van der Waals surface area contributed by atoms with E-state index >= 15 is 0 Å². The Morgan fingerprint density at radius 2 is 2.05 bits per heavy atom. The number of carbonyl (C=O) groups is 1. The molecule has 0 fully saturated rings. The Kier molecular flexibility index (Phi) is 4.39. The molecule has 0 unspecified atom stereocenters. The fourth-order valence-corrected chi connectivity index (χ4v) is 2.69. The number of hydrogen-bond acceptors (Lipinski definition) is 5. The molecule has 0 N–H and O–H groups in total. The number of aromatic nitrogens is 1. The summed E-state index contributed by atoms with van der Waals surface area (Å²) in [5.74, 6) is -0.345. The molecule has 0 radical (unpaired) electrons. The number of rotatable bonds is 5. The first kappa shape index (κ1) is 14.5. The summed E-state index contributed by atoms with van der Waals surface area (Å²) >= 11 is 1.16. The van der Waals surface area contributed by atoms with Gasteiger partial charge in [0.2, 0.25) is 0 Å². The van der Waals surface area contributed by atoms with Gasteiger partial charge in [0.25, 0.3) is 0 Å². The molecule has 20 heavy (non-hydrogen) atoms. The molecule has 1 aromatic carbocycles. The second kappa shape index (κ2) is 6.05. The van der Waals surface area contributed by atoms with Crippen LogP contribution in [0.4, 0.5) is 0 Å². The fraction of sp³-hybridized carbons (Fsp3) is 0.333. The molecule has 2 aromatic rings. The summed E-state index contributed by atoms with van der Waals surface area (Å²) in [6, 6.07) is 5.95. The Morgan fingerprint density at radius 3 is 2.65 bits per heavy atom. The lowest BCUT2D eigenvalue weighted by molar-refractivity contribution is -0.254. The highest BCUT2D eigenvalue weighted by molar-refractivity contribution is 7.13. The Labute approximate surface area is 122 Å². The molecule has 0 aliphatic carbocycles. The van der Waals surface area contributed by atoms with Crippen molar-refractivity contribution in [3.63, 3.8) is 0 Å². The van der Waals surface area contributed by atoms with Crippen LogP contribution in [-0.4, -0.2) is 17.6 Å². The first-order chi connectivity index (χ1) is 9.47. The van der Waals surface area contributed by atoms with E-state index in [-0.39, 0.29) is 4.88 Å². The number of nitrogens with zero attached hydrogens (tertiary/aromatic N) is 1. The minimum absolute atomic E-state index is 0.200. The largest absolute Gasteiger partial charge is 0.544 e. The van der Waals surface area contributed by atoms with Gasteiger partial charge >= 0.3 is 0 Å². The van der Waals surface area contributed by atoms with Gasteiger partial charge in [-0.2, -0.15) is 0 Å². The number of thiazole rings is 1. The summed E-state index contributed by atoms with van der Waals surface area (Å²) in [5.41, 5.74) is 2.93. The normalized spacial score (nSPS) is 10.6. The molecule has 1 heterocycles. The maximum atomic E-state index is 10.8. The van der Waals surface area contributed by atoms with Crippen LogP contribution >= 0.6 is 11.3 Å². The molecule has 0 atom stereocenters. The Bertz CT molecular complexity index is 634. The van der Waals surface area contributed by atoms with Crippen LogP contribution in [0, 0.1) is 20.8 Å². The molecule has 0 saturated heterocycles. The molecule has 0 spiro atoms. The van der Waals surface area contributed by atoms with E-state index in [4.69, 9.17) is 4.74 Å². The zero-order valence-electron chi connectivity index (χ0n) is 11.7. The van der Waals surface area contributed by atoms with Crippen LogP contribution < -0.4 is 9.84 Å². The monoisotopic (exact) mass is 290 g/mol. The number of benzene rings is 1. The van der Waals surface area contributed by atoms with Gasteiger partial charge in [-0.15, -0.1) is 11.3 Å². The Balaban J connectivity index is 1.94. The van der Waals surface area contributed by atoms with Gasteiger partial charge in [-0.3, -0.25) is 0 Å². The maximum Gasteiger partial charge on any atom is 0.119 e. The quantitative estimate of drug-likeness (QED) is 0.845. The van der Waals surface area contributed by atoms with Crippen molar-refractivity contribution in [2.24, 2.45) is 0 Å². The summed E-state index contributed by atoms with van der Waals surface area (Å²) in [7, 11) is 0. The third-order valence-electron chi connectivity index (χ3n) is 3.09. The van der Waals surface area contributed by atoms with Crippen molar-refractivity contribution in [2.75, 3.05) is 6.61 Å². The van der Waals surface area contributed by atoms with Crippen molar-refractivity contribution in [3.05, 3.63) is 44.9 Å². The summed E-state index contributed by atoms with van der Waals surface area (Å²) in [4.78, 5) is 15.2. The molecule has 0 bridgehead atoms. The number of hydrogen-bond donors (Lipinski definition) is 0. The lowest BCUT2D eigenvalue weighted by atomic mass is 10.1. The molecule has 0 amide bonds. The van der Waals surface area contributed by atoms with E-state index in [1.165, 1.54) is 11.1 Å². The molecule has 1 aromatic heterocycles. The minimum Gasteiger partial charge on any atom is -0.544 e. The number of ether oxygens (including phenoxy) is 1. The zero-order chi connectivity index (χ0) is 14.7. The zero-order valence-corrected chi connectivity index (χ0v) is 12.5. The van der Waals surface area contributed by atoms with Crippen LogP contribution in [0.25, 0.3) is 0 Å². The number of aromatic carboxylic acids is 1. The van der Waals surface area contributed by atoms with Crippen LogP contribution in [0.3, 0.4) is 0 Å². The topological polar surface area (TPSA) is 62.2 Å². The number of carboxylic acids is 1. The van der Waals surface area contributed by atoms with Gasteiger partial charge in [-0.1, -0.05) is 6.07 Å². The van der Waals surface area contributed by atoms with Crippen molar-refractivity contribution in [1.29, 1.82) is 0 Å². The van der Waals surface area contributed by atoms with Gasteiger partial charge in [-0.25, -0.2) is 4.98 Å². The summed E-state index contributed by atoms with van der Waals surface area (Å²) in [6.45, 7) is 6.24. The van der Waals surface area contributed by atoms with E-state index in [9.17, 15) is 9.90 Å². The Hall–Kier alpha value is -1.88. The summed E-state index contributed by atoms with van der Waals surface area (Å²) in [6.07, 6.45) is 0.589. The lowest BCUT2D eigenvalue weighted by Gasteiger charge is -2.07. The molecule has 106 valence electrons. The highest BCUT2D eigenvalue weighted by Crippen LogP contribution is 2.19. The summed E-state index contributed by atoms with van der Waals surface area (Å²) in [5, 5.41) is 11.6. The average Bonchev–Trinajstić information content (AvgIpc) is 2.75. The third kappa shape index (κ3) is 3.36. The van der Waals surface area contributed by atoms with Gasteiger partial charge in [-0.05, 0) is 44.0 Å². The highest BCUT2D eigenvalue weighted by atomic mass is 32.1. The van der Waals surface area contributed by atoms with E-state index in [2.05, 4.69) is 11.9 Å². The van der Waals surface area contributed by atoms with Crippen LogP contribution in [-0.2, 0) is 6.42 Å². The van der Waals surface area contributed by atoms with Crippen molar-refractivity contribution in [3.8, 4) is 5.75 Å². The first-order valence-corrected chi connectivity index (χ1v) is 7.16. The van der Waals surface area contributed by atoms with Crippen molar-refractivity contribution in [2.45, 2.75) is 27.2 Å². The second-order valence-corrected chi connectivity index (χ2v) is 5.74. The molecule has 0 saturated carbocycles.